The second-order valence-corrected chi connectivity index (χ2v) is 7.96. The quantitative estimate of drug-likeness (QED) is 0.176. The highest BCUT2D eigenvalue weighted by molar-refractivity contribution is 4.92. The molecule has 0 aromatic heterocycles. The zero-order valence-electron chi connectivity index (χ0n) is 18.2. The molecule has 0 spiro atoms. The van der Waals surface area contributed by atoms with Gasteiger partial charge in [0.15, 0.2) is 0 Å². The van der Waals surface area contributed by atoms with Crippen LogP contribution < -0.4 is 0 Å². The van der Waals surface area contributed by atoms with Gasteiger partial charge in [0.05, 0.1) is 6.61 Å². The van der Waals surface area contributed by atoms with Crippen LogP contribution in [-0.2, 0) is 4.74 Å². The molecule has 0 bridgehead atoms. The summed E-state index contributed by atoms with van der Waals surface area (Å²) < 4.78 is 5.72. The summed E-state index contributed by atoms with van der Waals surface area (Å²) >= 11 is 0. The number of likely N-dealkylation sites (tertiary alicyclic amines) is 1. The van der Waals surface area contributed by atoms with Crippen molar-refractivity contribution < 1.29 is 4.74 Å². The average Bonchev–Trinajstić information content (AvgIpc) is 3.20. The van der Waals surface area contributed by atoms with Crippen LogP contribution in [0.3, 0.4) is 0 Å². The Labute approximate surface area is 170 Å². The lowest BCUT2D eigenvalue weighted by Crippen LogP contribution is -2.22. The Balaban J connectivity index is 1.69. The fraction of sp³-hybridized carbons (Fsp3) is 0.800. The monoisotopic (exact) mass is 376 g/mol. The first-order valence-corrected chi connectivity index (χ1v) is 11.8. The van der Waals surface area contributed by atoms with E-state index < -0.39 is 0 Å². The zero-order valence-corrected chi connectivity index (χ0v) is 18.2. The average molecular weight is 377 g/mol. The van der Waals surface area contributed by atoms with Crippen LogP contribution in [0.1, 0.15) is 96.8 Å². The summed E-state index contributed by atoms with van der Waals surface area (Å²) in [7, 11) is 0. The van der Waals surface area contributed by atoms with E-state index >= 15 is 0 Å². The van der Waals surface area contributed by atoms with Crippen molar-refractivity contribution in [2.75, 3.05) is 32.8 Å². The smallest absolute Gasteiger partial charge is 0.0510 e. The lowest BCUT2D eigenvalue weighted by molar-refractivity contribution is 0.143. The Morgan fingerprint density at radius 2 is 1.37 bits per heavy atom. The molecule has 1 rings (SSSR count). The maximum absolute atomic E-state index is 5.72. The third-order valence-corrected chi connectivity index (χ3v) is 5.31. The minimum Gasteiger partial charge on any atom is -0.381 e. The maximum Gasteiger partial charge on any atom is 0.0510 e. The molecule has 1 heterocycles. The van der Waals surface area contributed by atoms with E-state index in [-0.39, 0.29) is 0 Å². The second kappa shape index (κ2) is 20.1. The summed E-state index contributed by atoms with van der Waals surface area (Å²) in [5, 5.41) is 0. The number of rotatable bonds is 19. The van der Waals surface area contributed by atoms with Crippen LogP contribution >= 0.6 is 0 Å². The molecule has 2 heteroatoms. The van der Waals surface area contributed by atoms with Crippen molar-refractivity contribution in [3.05, 3.63) is 30.7 Å². The molecule has 1 aliphatic rings. The third kappa shape index (κ3) is 17.2. The van der Waals surface area contributed by atoms with Crippen molar-refractivity contribution in [2.45, 2.75) is 96.8 Å². The molecule has 1 fully saturated rings. The molecule has 1 aliphatic heterocycles. The van der Waals surface area contributed by atoms with Gasteiger partial charge in [-0.25, -0.2) is 0 Å². The van der Waals surface area contributed by atoms with Crippen LogP contribution in [0.2, 0.25) is 0 Å². The van der Waals surface area contributed by atoms with Gasteiger partial charge in [-0.15, -0.1) is 0 Å². The molecular formula is C25H46NO. The first-order valence-electron chi connectivity index (χ1n) is 11.8. The van der Waals surface area contributed by atoms with Gasteiger partial charge in [0.1, 0.15) is 0 Å². The minimum absolute atomic E-state index is 0.830. The third-order valence-electron chi connectivity index (χ3n) is 5.31. The predicted molar refractivity (Wildman–Crippen MR) is 120 cm³/mol. The normalized spacial score (nSPS) is 15.6. The Bertz CT molecular complexity index is 344. The summed E-state index contributed by atoms with van der Waals surface area (Å²) in [5.74, 6) is 0. The van der Waals surface area contributed by atoms with Gasteiger partial charge in [-0.3, -0.25) is 0 Å². The van der Waals surface area contributed by atoms with Gasteiger partial charge in [-0.05, 0) is 64.5 Å². The highest BCUT2D eigenvalue weighted by atomic mass is 16.5. The number of nitrogens with zero attached hydrogens (tertiary/aromatic N) is 1. The van der Waals surface area contributed by atoms with E-state index in [2.05, 4.69) is 42.5 Å². The SMILES string of the molecule is CCCCC/C=C\C/C=C\CCCCCCCCOC[CH]CN1CCCC1. The van der Waals surface area contributed by atoms with E-state index in [0.717, 1.165) is 26.2 Å². The number of ether oxygens (including phenoxy) is 1. The van der Waals surface area contributed by atoms with Crippen molar-refractivity contribution >= 4 is 0 Å². The second-order valence-electron chi connectivity index (χ2n) is 7.96. The van der Waals surface area contributed by atoms with E-state index in [1.165, 1.54) is 96.6 Å². The molecule has 27 heavy (non-hydrogen) atoms. The van der Waals surface area contributed by atoms with Gasteiger partial charge >= 0.3 is 0 Å². The van der Waals surface area contributed by atoms with Crippen LogP contribution in [0.25, 0.3) is 0 Å². The lowest BCUT2D eigenvalue weighted by Gasteiger charge is -2.13. The molecule has 1 radical (unpaired) electrons. The van der Waals surface area contributed by atoms with Gasteiger partial charge in [-0.1, -0.05) is 69.8 Å². The van der Waals surface area contributed by atoms with Crippen LogP contribution in [-0.4, -0.2) is 37.7 Å². The molecule has 0 unspecified atom stereocenters. The minimum atomic E-state index is 0.830. The first kappa shape index (κ1) is 24.4. The highest BCUT2D eigenvalue weighted by Gasteiger charge is 2.10. The molecule has 157 valence electrons. The molecule has 0 aromatic carbocycles. The number of hydrogen-bond acceptors (Lipinski definition) is 2. The molecular weight excluding hydrogens is 330 g/mol. The van der Waals surface area contributed by atoms with Gasteiger partial charge in [0, 0.05) is 19.6 Å². The zero-order chi connectivity index (χ0) is 19.3. The summed E-state index contributed by atoms with van der Waals surface area (Å²) in [6, 6.07) is 0. The Hall–Kier alpha value is -0.600. The molecule has 1 saturated heterocycles. The van der Waals surface area contributed by atoms with Crippen LogP contribution in [0, 0.1) is 6.42 Å². The van der Waals surface area contributed by atoms with E-state index in [4.69, 9.17) is 4.74 Å². The number of allylic oxidation sites excluding steroid dienone is 4. The predicted octanol–water partition coefficient (Wildman–Crippen LogP) is 7.12. The van der Waals surface area contributed by atoms with Crippen molar-refractivity contribution in [3.63, 3.8) is 0 Å². The molecule has 0 N–H and O–H groups in total. The fourth-order valence-electron chi connectivity index (χ4n) is 3.56. The topological polar surface area (TPSA) is 12.5 Å². The summed E-state index contributed by atoms with van der Waals surface area (Å²) in [6.45, 7) is 7.70. The molecule has 0 amide bonds. The number of unbranched alkanes of at least 4 members (excludes halogenated alkanes) is 9. The van der Waals surface area contributed by atoms with Crippen LogP contribution in [0.15, 0.2) is 24.3 Å². The van der Waals surface area contributed by atoms with Gasteiger partial charge < -0.3 is 9.64 Å². The summed E-state index contributed by atoms with van der Waals surface area (Å²) in [4.78, 5) is 2.52. The van der Waals surface area contributed by atoms with E-state index in [9.17, 15) is 0 Å². The van der Waals surface area contributed by atoms with Gasteiger partial charge in [0.25, 0.3) is 0 Å². The molecule has 0 atom stereocenters. The van der Waals surface area contributed by atoms with Crippen molar-refractivity contribution in [1.29, 1.82) is 0 Å². The highest BCUT2D eigenvalue weighted by Crippen LogP contribution is 2.09. The molecule has 0 saturated carbocycles. The van der Waals surface area contributed by atoms with Gasteiger partial charge in [-0.2, -0.15) is 0 Å². The van der Waals surface area contributed by atoms with Crippen molar-refractivity contribution in [1.82, 2.24) is 4.90 Å². The fourth-order valence-corrected chi connectivity index (χ4v) is 3.56. The standard InChI is InChI=1S/C25H46NO/c1-2-3-4-5-6-7-8-9-10-11-12-13-14-15-16-19-24-27-25-20-23-26-21-17-18-22-26/h6-7,9-10,20H,2-5,8,11-19,21-25H2,1H3/b7-6-,10-9-. The van der Waals surface area contributed by atoms with E-state index in [1.807, 2.05) is 0 Å². The van der Waals surface area contributed by atoms with E-state index in [1.54, 1.807) is 0 Å². The van der Waals surface area contributed by atoms with Crippen LogP contribution in [0.5, 0.6) is 0 Å². The van der Waals surface area contributed by atoms with Crippen molar-refractivity contribution in [3.8, 4) is 0 Å². The Kier molecular flexibility index (Phi) is 18.2. The largest absolute Gasteiger partial charge is 0.381 e. The Morgan fingerprint density at radius 3 is 2.07 bits per heavy atom. The lowest BCUT2D eigenvalue weighted by atomic mass is 10.1. The number of hydrogen-bond donors (Lipinski definition) is 0. The first-order chi connectivity index (χ1) is 13.4. The molecule has 0 aliphatic carbocycles. The van der Waals surface area contributed by atoms with Gasteiger partial charge in [0.2, 0.25) is 0 Å². The maximum atomic E-state index is 5.72. The van der Waals surface area contributed by atoms with E-state index in [0.29, 0.717) is 0 Å². The van der Waals surface area contributed by atoms with Crippen molar-refractivity contribution in [2.24, 2.45) is 0 Å². The summed E-state index contributed by atoms with van der Waals surface area (Å²) in [5.41, 5.74) is 0. The molecule has 2 nitrogen and oxygen atoms in total. The van der Waals surface area contributed by atoms with Crippen LogP contribution in [0.4, 0.5) is 0 Å². The summed E-state index contributed by atoms with van der Waals surface area (Å²) in [6.07, 6.45) is 30.1. The molecule has 0 aromatic rings. The Morgan fingerprint density at radius 1 is 0.741 bits per heavy atom.